The van der Waals surface area contributed by atoms with E-state index in [4.69, 9.17) is 9.47 Å². The molecule has 0 bridgehead atoms. The van der Waals surface area contributed by atoms with Crippen molar-refractivity contribution in [3.8, 4) is 0 Å². The summed E-state index contributed by atoms with van der Waals surface area (Å²) in [5, 5.41) is 2.84. The molecule has 0 aliphatic carbocycles. The molecule has 41 valence electrons. The molecule has 1 fully saturated rings. The molecule has 0 spiro atoms. The van der Waals surface area contributed by atoms with E-state index in [0.717, 1.165) is 0 Å². The zero-order valence-corrected chi connectivity index (χ0v) is 4.18. The molecule has 1 N–H and O–H groups in total. The number of hydrogen-bond donors (Lipinski definition) is 1. The summed E-state index contributed by atoms with van der Waals surface area (Å²) in [6.45, 7) is 2.16. The fraction of sp³-hybridized carbons (Fsp3) is 0.750. The van der Waals surface area contributed by atoms with Gasteiger partial charge in [-0.15, -0.1) is 0 Å². The van der Waals surface area contributed by atoms with Gasteiger partial charge in [0.2, 0.25) is 0 Å². The standard InChI is InChI=1S/C4H8NO2/c1-6-4-2-7-3-5-4/h3-5H,2H2,1H3. The summed E-state index contributed by atoms with van der Waals surface area (Å²) in [7, 11) is 1.64. The van der Waals surface area contributed by atoms with Crippen LogP contribution < -0.4 is 5.32 Å². The molecular weight excluding hydrogens is 94.0 g/mol. The monoisotopic (exact) mass is 102 g/mol. The Morgan fingerprint density at radius 2 is 2.86 bits per heavy atom. The Morgan fingerprint density at radius 1 is 2.00 bits per heavy atom. The maximum absolute atomic E-state index is 4.84. The van der Waals surface area contributed by atoms with E-state index in [1.54, 1.807) is 7.11 Å². The molecule has 1 saturated heterocycles. The first-order valence-corrected chi connectivity index (χ1v) is 2.15. The van der Waals surface area contributed by atoms with Crippen LogP contribution in [-0.4, -0.2) is 19.9 Å². The van der Waals surface area contributed by atoms with Crippen LogP contribution in [0.1, 0.15) is 0 Å². The van der Waals surface area contributed by atoms with Gasteiger partial charge >= 0.3 is 0 Å². The van der Waals surface area contributed by atoms with Crippen LogP contribution in [0.2, 0.25) is 0 Å². The fourth-order valence-electron chi connectivity index (χ4n) is 0.444. The number of ether oxygens (including phenoxy) is 2. The molecule has 1 aliphatic rings. The van der Waals surface area contributed by atoms with E-state index >= 15 is 0 Å². The van der Waals surface area contributed by atoms with Crippen molar-refractivity contribution in [3.63, 3.8) is 0 Å². The van der Waals surface area contributed by atoms with Gasteiger partial charge in [0.25, 0.3) is 0 Å². The molecule has 1 heterocycles. The summed E-state index contributed by atoms with van der Waals surface area (Å²) in [6, 6.07) is 0. The number of nitrogens with one attached hydrogen (secondary N) is 1. The highest BCUT2D eigenvalue weighted by Gasteiger charge is 2.11. The maximum Gasteiger partial charge on any atom is 0.150 e. The number of hydrogen-bond acceptors (Lipinski definition) is 3. The van der Waals surface area contributed by atoms with Gasteiger partial charge in [0.1, 0.15) is 13.0 Å². The van der Waals surface area contributed by atoms with Crippen molar-refractivity contribution >= 4 is 0 Å². The molecule has 0 aromatic heterocycles. The molecule has 1 rings (SSSR count). The minimum absolute atomic E-state index is 0.0694. The Bertz CT molecular complexity index is 51.7. The molecule has 3 heteroatoms. The van der Waals surface area contributed by atoms with Gasteiger partial charge in [-0.2, -0.15) is 0 Å². The third-order valence-corrected chi connectivity index (χ3v) is 0.869. The van der Waals surface area contributed by atoms with Crippen molar-refractivity contribution in [2.24, 2.45) is 0 Å². The van der Waals surface area contributed by atoms with Crippen molar-refractivity contribution in [3.05, 3.63) is 6.73 Å². The quantitative estimate of drug-likeness (QED) is 0.493. The van der Waals surface area contributed by atoms with Gasteiger partial charge in [-0.3, -0.25) is 5.32 Å². The van der Waals surface area contributed by atoms with Crippen molar-refractivity contribution in [1.29, 1.82) is 0 Å². The largest absolute Gasteiger partial charge is 0.364 e. The molecule has 1 radical (unpaired) electrons. The minimum atomic E-state index is 0.0694. The Balaban J connectivity index is 2.14. The Labute approximate surface area is 42.6 Å². The van der Waals surface area contributed by atoms with E-state index in [9.17, 15) is 0 Å². The van der Waals surface area contributed by atoms with Crippen molar-refractivity contribution in [1.82, 2.24) is 5.32 Å². The molecule has 3 nitrogen and oxygen atoms in total. The lowest BCUT2D eigenvalue weighted by Gasteiger charge is -2.01. The van der Waals surface area contributed by atoms with Crippen LogP contribution in [0.15, 0.2) is 0 Å². The second kappa shape index (κ2) is 2.26. The summed E-state index contributed by atoms with van der Waals surface area (Å²) in [4.78, 5) is 0. The average molecular weight is 102 g/mol. The first-order valence-electron chi connectivity index (χ1n) is 2.15. The number of rotatable bonds is 1. The van der Waals surface area contributed by atoms with E-state index in [-0.39, 0.29) is 6.23 Å². The lowest BCUT2D eigenvalue weighted by Crippen LogP contribution is -2.23. The van der Waals surface area contributed by atoms with Crippen molar-refractivity contribution < 1.29 is 9.47 Å². The predicted molar refractivity (Wildman–Crippen MR) is 24.2 cm³/mol. The van der Waals surface area contributed by atoms with Gasteiger partial charge in [0.05, 0.1) is 6.61 Å². The van der Waals surface area contributed by atoms with Crippen LogP contribution in [0.4, 0.5) is 0 Å². The third kappa shape index (κ3) is 1.12. The van der Waals surface area contributed by atoms with Gasteiger partial charge in [0, 0.05) is 7.11 Å². The van der Waals surface area contributed by atoms with E-state index in [1.165, 1.54) is 6.73 Å². The molecular formula is C4H8NO2. The van der Waals surface area contributed by atoms with Crippen LogP contribution in [0.3, 0.4) is 0 Å². The third-order valence-electron chi connectivity index (χ3n) is 0.869. The molecule has 0 saturated carbocycles. The van der Waals surface area contributed by atoms with Crippen LogP contribution in [0.25, 0.3) is 0 Å². The van der Waals surface area contributed by atoms with Gasteiger partial charge in [0.15, 0.2) is 0 Å². The second-order valence-corrected chi connectivity index (χ2v) is 1.34. The Morgan fingerprint density at radius 3 is 3.14 bits per heavy atom. The average Bonchev–Trinajstić information content (AvgIpc) is 2.14. The fourth-order valence-corrected chi connectivity index (χ4v) is 0.444. The first-order chi connectivity index (χ1) is 3.43. The molecule has 7 heavy (non-hydrogen) atoms. The second-order valence-electron chi connectivity index (χ2n) is 1.34. The minimum Gasteiger partial charge on any atom is -0.364 e. The lowest BCUT2D eigenvalue weighted by atomic mass is 10.6. The molecule has 0 aromatic carbocycles. The smallest absolute Gasteiger partial charge is 0.150 e. The first kappa shape index (κ1) is 5.03. The molecule has 1 aliphatic heterocycles. The van der Waals surface area contributed by atoms with Gasteiger partial charge in [-0.1, -0.05) is 0 Å². The summed E-state index contributed by atoms with van der Waals surface area (Å²) >= 11 is 0. The summed E-state index contributed by atoms with van der Waals surface area (Å²) < 4.78 is 9.63. The summed E-state index contributed by atoms with van der Waals surface area (Å²) in [5.41, 5.74) is 0. The van der Waals surface area contributed by atoms with Gasteiger partial charge < -0.3 is 9.47 Å². The molecule has 1 atom stereocenters. The Hall–Kier alpha value is -0.120. The zero-order chi connectivity index (χ0) is 5.11. The highest BCUT2D eigenvalue weighted by Crippen LogP contribution is 1.95. The SMILES string of the molecule is COC1CO[CH]N1. The molecule has 0 aromatic rings. The topological polar surface area (TPSA) is 30.5 Å². The summed E-state index contributed by atoms with van der Waals surface area (Å²) in [6.07, 6.45) is 0.0694. The zero-order valence-electron chi connectivity index (χ0n) is 4.18. The summed E-state index contributed by atoms with van der Waals surface area (Å²) in [5.74, 6) is 0. The van der Waals surface area contributed by atoms with Crippen LogP contribution in [0.5, 0.6) is 0 Å². The van der Waals surface area contributed by atoms with Gasteiger partial charge in [-0.05, 0) is 0 Å². The van der Waals surface area contributed by atoms with Gasteiger partial charge in [-0.25, -0.2) is 0 Å². The number of methoxy groups -OCH3 is 1. The highest BCUT2D eigenvalue weighted by molar-refractivity contribution is 4.63. The van der Waals surface area contributed by atoms with Crippen molar-refractivity contribution in [2.75, 3.05) is 13.7 Å². The van der Waals surface area contributed by atoms with E-state index < -0.39 is 0 Å². The van der Waals surface area contributed by atoms with Crippen LogP contribution in [-0.2, 0) is 9.47 Å². The normalized spacial score (nSPS) is 31.3. The van der Waals surface area contributed by atoms with Crippen molar-refractivity contribution in [2.45, 2.75) is 6.23 Å². The van der Waals surface area contributed by atoms with E-state index in [1.807, 2.05) is 0 Å². The van der Waals surface area contributed by atoms with Crippen LogP contribution >= 0.6 is 0 Å². The van der Waals surface area contributed by atoms with E-state index in [2.05, 4.69) is 5.32 Å². The maximum atomic E-state index is 4.84. The molecule has 0 amide bonds. The van der Waals surface area contributed by atoms with Crippen LogP contribution in [0, 0.1) is 6.73 Å². The predicted octanol–water partition coefficient (Wildman–Crippen LogP) is -0.302. The lowest BCUT2D eigenvalue weighted by molar-refractivity contribution is 0.0767. The highest BCUT2D eigenvalue weighted by atomic mass is 16.6. The molecule has 1 unspecified atom stereocenters. The van der Waals surface area contributed by atoms with E-state index in [0.29, 0.717) is 6.61 Å². The Kier molecular flexibility index (Phi) is 1.62.